The molecule has 0 aliphatic heterocycles. The van der Waals surface area contributed by atoms with Crippen molar-refractivity contribution in [1.82, 2.24) is 0 Å². The van der Waals surface area contributed by atoms with Crippen LogP contribution >= 0.6 is 0 Å². The van der Waals surface area contributed by atoms with E-state index in [2.05, 4.69) is 24.3 Å². The lowest BCUT2D eigenvalue weighted by molar-refractivity contribution is -0.0910. The van der Waals surface area contributed by atoms with E-state index in [1.54, 1.807) is 0 Å². The van der Waals surface area contributed by atoms with Gasteiger partial charge in [0, 0.05) is 6.42 Å². The molecule has 20 heavy (non-hydrogen) atoms. The van der Waals surface area contributed by atoms with Crippen LogP contribution in [0.4, 0.5) is 0 Å². The topological polar surface area (TPSA) is 44.0 Å². The molecule has 4 atom stereocenters. The number of aryl methyl sites for hydroxylation is 1. The molecule has 1 N–H and O–H groups in total. The predicted octanol–water partition coefficient (Wildman–Crippen LogP) is 3.24. The molecule has 2 saturated carbocycles. The van der Waals surface area contributed by atoms with Gasteiger partial charge in [0.05, 0.1) is 17.1 Å². The molecule has 0 aromatic heterocycles. The minimum atomic E-state index is -0.810. The third-order valence-corrected chi connectivity index (χ3v) is 6.29. The molecule has 2 nitrogen and oxygen atoms in total. The minimum absolute atomic E-state index is 0.424. The third kappa shape index (κ3) is 1.48. The standard InChI is InChI=1S/C18H21NO/c19-12-17(10-13-5-6-16(17)9-13)18(20)8-7-14-3-1-2-4-15(14)11-18/h1-4,13,16,20H,5-11H2. The molecule has 0 heterocycles. The molecule has 2 heteroatoms. The number of benzene rings is 1. The molecular weight excluding hydrogens is 246 g/mol. The highest BCUT2D eigenvalue weighted by Gasteiger charge is 2.62. The van der Waals surface area contributed by atoms with E-state index in [9.17, 15) is 10.4 Å². The van der Waals surface area contributed by atoms with Crippen LogP contribution in [-0.4, -0.2) is 10.7 Å². The second kappa shape index (κ2) is 4.09. The van der Waals surface area contributed by atoms with Crippen molar-refractivity contribution in [3.8, 4) is 6.07 Å². The number of hydrogen-bond donors (Lipinski definition) is 1. The van der Waals surface area contributed by atoms with E-state index in [4.69, 9.17) is 0 Å². The normalized spacial score (nSPS) is 42.2. The highest BCUT2D eigenvalue weighted by atomic mass is 16.3. The maximum atomic E-state index is 11.4. The van der Waals surface area contributed by atoms with Crippen molar-refractivity contribution in [2.45, 2.75) is 50.5 Å². The summed E-state index contributed by atoms with van der Waals surface area (Å²) in [5.41, 5.74) is 1.31. The molecular formula is C18H21NO. The Morgan fingerprint density at radius 1 is 1.20 bits per heavy atom. The van der Waals surface area contributed by atoms with E-state index in [0.29, 0.717) is 18.3 Å². The Balaban J connectivity index is 1.73. The van der Waals surface area contributed by atoms with Crippen LogP contribution in [0.15, 0.2) is 24.3 Å². The molecule has 1 aromatic rings. The highest BCUT2D eigenvalue weighted by Crippen LogP contribution is 2.62. The average Bonchev–Trinajstić information content (AvgIpc) is 3.08. The van der Waals surface area contributed by atoms with Crippen molar-refractivity contribution in [3.63, 3.8) is 0 Å². The van der Waals surface area contributed by atoms with Gasteiger partial charge in [-0.1, -0.05) is 30.7 Å². The molecule has 0 radical (unpaired) electrons. The van der Waals surface area contributed by atoms with E-state index >= 15 is 0 Å². The zero-order valence-corrected chi connectivity index (χ0v) is 11.8. The molecule has 4 unspecified atom stereocenters. The first-order valence-electron chi connectivity index (χ1n) is 7.87. The Morgan fingerprint density at radius 2 is 2.00 bits per heavy atom. The van der Waals surface area contributed by atoms with Crippen LogP contribution in [0.3, 0.4) is 0 Å². The van der Waals surface area contributed by atoms with E-state index in [1.807, 2.05) is 6.07 Å². The maximum absolute atomic E-state index is 11.4. The Hall–Kier alpha value is -1.33. The minimum Gasteiger partial charge on any atom is -0.388 e. The molecule has 1 aromatic carbocycles. The summed E-state index contributed by atoms with van der Waals surface area (Å²) in [6, 6.07) is 11.0. The van der Waals surface area contributed by atoms with Crippen LogP contribution in [0.25, 0.3) is 0 Å². The van der Waals surface area contributed by atoms with Gasteiger partial charge in [-0.2, -0.15) is 5.26 Å². The van der Waals surface area contributed by atoms with Crippen LogP contribution < -0.4 is 0 Å². The highest BCUT2D eigenvalue weighted by molar-refractivity contribution is 5.35. The number of nitriles is 1. The molecule has 2 fully saturated rings. The van der Waals surface area contributed by atoms with Gasteiger partial charge < -0.3 is 5.11 Å². The first-order valence-corrected chi connectivity index (χ1v) is 7.87. The van der Waals surface area contributed by atoms with Gasteiger partial charge in [-0.3, -0.25) is 0 Å². The van der Waals surface area contributed by atoms with E-state index in [1.165, 1.54) is 17.5 Å². The van der Waals surface area contributed by atoms with Crippen molar-refractivity contribution in [2.75, 3.05) is 0 Å². The lowest BCUT2D eigenvalue weighted by Crippen LogP contribution is -2.54. The van der Waals surface area contributed by atoms with Crippen LogP contribution in [0.5, 0.6) is 0 Å². The van der Waals surface area contributed by atoms with Gasteiger partial charge >= 0.3 is 0 Å². The first-order chi connectivity index (χ1) is 9.67. The van der Waals surface area contributed by atoms with E-state index in [-0.39, 0.29) is 0 Å². The van der Waals surface area contributed by atoms with Gasteiger partial charge in [-0.15, -0.1) is 0 Å². The Morgan fingerprint density at radius 3 is 2.65 bits per heavy atom. The van der Waals surface area contributed by atoms with Crippen LogP contribution in [-0.2, 0) is 12.8 Å². The fourth-order valence-corrected chi connectivity index (χ4v) is 5.24. The number of rotatable bonds is 1. The van der Waals surface area contributed by atoms with Crippen molar-refractivity contribution >= 4 is 0 Å². The van der Waals surface area contributed by atoms with Gasteiger partial charge in [-0.25, -0.2) is 0 Å². The fourth-order valence-electron chi connectivity index (χ4n) is 5.24. The van der Waals surface area contributed by atoms with Crippen molar-refractivity contribution in [2.24, 2.45) is 17.3 Å². The Kier molecular flexibility index (Phi) is 2.54. The third-order valence-electron chi connectivity index (χ3n) is 6.29. The summed E-state index contributed by atoms with van der Waals surface area (Å²) in [6.07, 6.45) is 6.82. The molecule has 3 aliphatic rings. The van der Waals surface area contributed by atoms with Gasteiger partial charge in [0.2, 0.25) is 0 Å². The zero-order valence-electron chi connectivity index (χ0n) is 11.8. The number of fused-ring (bicyclic) bond motifs is 3. The monoisotopic (exact) mass is 267 g/mol. The van der Waals surface area contributed by atoms with Crippen LogP contribution in [0.2, 0.25) is 0 Å². The molecule has 0 spiro atoms. The van der Waals surface area contributed by atoms with Crippen molar-refractivity contribution < 1.29 is 5.11 Å². The molecule has 4 rings (SSSR count). The van der Waals surface area contributed by atoms with Crippen molar-refractivity contribution in [1.29, 1.82) is 5.26 Å². The summed E-state index contributed by atoms with van der Waals surface area (Å²) in [5, 5.41) is 21.3. The fraction of sp³-hybridized carbons (Fsp3) is 0.611. The smallest absolute Gasteiger partial charge is 0.0894 e. The second-order valence-corrected chi connectivity index (χ2v) is 7.14. The summed E-state index contributed by atoms with van der Waals surface area (Å²) >= 11 is 0. The molecule has 2 bridgehead atoms. The lowest BCUT2D eigenvalue weighted by Gasteiger charge is -2.48. The van der Waals surface area contributed by atoms with E-state index < -0.39 is 11.0 Å². The SMILES string of the molecule is N#CC1(C2(O)CCc3ccccc3C2)CC2CCC1C2. The number of nitrogens with zero attached hydrogens (tertiary/aromatic N) is 1. The van der Waals surface area contributed by atoms with E-state index in [0.717, 1.165) is 32.1 Å². The molecule has 3 aliphatic carbocycles. The second-order valence-electron chi connectivity index (χ2n) is 7.14. The van der Waals surface area contributed by atoms with Gasteiger partial charge in [-0.05, 0) is 55.1 Å². The van der Waals surface area contributed by atoms with Gasteiger partial charge in [0.1, 0.15) is 0 Å². The lowest BCUT2D eigenvalue weighted by atomic mass is 9.58. The van der Waals surface area contributed by atoms with Crippen molar-refractivity contribution in [3.05, 3.63) is 35.4 Å². The summed E-state index contributed by atoms with van der Waals surface area (Å²) < 4.78 is 0. The van der Waals surface area contributed by atoms with Crippen LogP contribution in [0, 0.1) is 28.6 Å². The summed E-state index contributed by atoms with van der Waals surface area (Å²) in [6.45, 7) is 0. The van der Waals surface area contributed by atoms with Gasteiger partial charge in [0.25, 0.3) is 0 Å². The molecule has 104 valence electrons. The zero-order chi connectivity index (χ0) is 13.8. The maximum Gasteiger partial charge on any atom is 0.0894 e. The first kappa shape index (κ1) is 12.4. The Labute approximate surface area is 120 Å². The largest absolute Gasteiger partial charge is 0.388 e. The number of aliphatic hydroxyl groups is 1. The van der Waals surface area contributed by atoms with Crippen LogP contribution in [0.1, 0.15) is 43.2 Å². The predicted molar refractivity (Wildman–Crippen MR) is 76.9 cm³/mol. The molecule has 0 amide bonds. The van der Waals surface area contributed by atoms with Gasteiger partial charge in [0.15, 0.2) is 0 Å². The summed E-state index contributed by atoms with van der Waals surface area (Å²) in [4.78, 5) is 0. The Bertz CT molecular complexity index is 589. The summed E-state index contributed by atoms with van der Waals surface area (Å²) in [5.74, 6) is 1.11. The summed E-state index contributed by atoms with van der Waals surface area (Å²) in [7, 11) is 0. The quantitative estimate of drug-likeness (QED) is 0.849. The molecule has 0 saturated heterocycles. The average molecular weight is 267 g/mol. The number of hydrogen-bond acceptors (Lipinski definition) is 2.